The molecule has 0 aliphatic heterocycles. The minimum atomic E-state index is 0.538. The normalized spacial score (nSPS) is 10.8. The summed E-state index contributed by atoms with van der Waals surface area (Å²) >= 11 is 0. The lowest BCUT2D eigenvalue weighted by Crippen LogP contribution is -2.21. The highest BCUT2D eigenvalue weighted by atomic mass is 16.5. The van der Waals surface area contributed by atoms with E-state index in [9.17, 15) is 0 Å². The zero-order valence-electron chi connectivity index (χ0n) is 16.1. The maximum atomic E-state index is 5.63. The van der Waals surface area contributed by atoms with Crippen LogP contribution in [0.4, 0.5) is 0 Å². The maximum absolute atomic E-state index is 5.63. The zero-order valence-corrected chi connectivity index (χ0v) is 16.1. The van der Waals surface area contributed by atoms with E-state index in [-0.39, 0.29) is 0 Å². The molecule has 146 valence electrons. The number of rotatable bonds is 9. The van der Waals surface area contributed by atoms with Gasteiger partial charge in [-0.3, -0.25) is 0 Å². The molecule has 0 unspecified atom stereocenters. The van der Waals surface area contributed by atoms with Gasteiger partial charge in [0.1, 0.15) is 18.0 Å². The number of nitrogens with one attached hydrogen (secondary N) is 1. The molecule has 0 bridgehead atoms. The Hall–Kier alpha value is -3.51. The van der Waals surface area contributed by atoms with Gasteiger partial charge in [-0.15, -0.1) is 0 Å². The summed E-state index contributed by atoms with van der Waals surface area (Å²) in [7, 11) is 0. The first-order valence-corrected chi connectivity index (χ1v) is 9.66. The maximum Gasteiger partial charge on any atom is 0.213 e. The van der Waals surface area contributed by atoms with Crippen molar-refractivity contribution < 1.29 is 4.74 Å². The molecular formula is C23H23N5O. The molecule has 2 aromatic heterocycles. The van der Waals surface area contributed by atoms with Crippen LogP contribution in [0.1, 0.15) is 11.3 Å². The third kappa shape index (κ3) is 5.27. The summed E-state index contributed by atoms with van der Waals surface area (Å²) in [5.41, 5.74) is 4.06. The van der Waals surface area contributed by atoms with Crippen LogP contribution in [0.15, 0.2) is 85.1 Å². The molecule has 2 aromatic carbocycles. The smallest absolute Gasteiger partial charge is 0.213 e. The monoisotopic (exact) mass is 385 g/mol. The van der Waals surface area contributed by atoms with Gasteiger partial charge in [-0.05, 0) is 11.6 Å². The summed E-state index contributed by atoms with van der Waals surface area (Å²) in [4.78, 5) is 5.92. The molecular weight excluding hydrogens is 362 g/mol. The average molecular weight is 385 g/mol. The van der Waals surface area contributed by atoms with Crippen LogP contribution in [-0.2, 0) is 13.1 Å². The molecule has 0 spiro atoms. The summed E-state index contributed by atoms with van der Waals surface area (Å²) in [5, 5.41) is 12.9. The van der Waals surface area contributed by atoms with Crippen molar-refractivity contribution in [2.24, 2.45) is 0 Å². The van der Waals surface area contributed by atoms with Gasteiger partial charge in [0.25, 0.3) is 0 Å². The van der Waals surface area contributed by atoms with Gasteiger partial charge in [-0.2, -0.15) is 15.0 Å². The second-order valence-corrected chi connectivity index (χ2v) is 6.57. The van der Waals surface area contributed by atoms with Crippen molar-refractivity contribution in [2.75, 3.05) is 13.2 Å². The molecule has 0 radical (unpaired) electrons. The first kappa shape index (κ1) is 18.8. The summed E-state index contributed by atoms with van der Waals surface area (Å²) < 4.78 is 5.63. The number of aromatic nitrogens is 4. The second kappa shape index (κ2) is 9.61. The number of hydrogen-bond donors (Lipinski definition) is 1. The highest BCUT2D eigenvalue weighted by Crippen LogP contribution is 2.20. The molecule has 1 N–H and O–H groups in total. The van der Waals surface area contributed by atoms with Crippen molar-refractivity contribution in [3.05, 3.63) is 96.3 Å². The fourth-order valence-corrected chi connectivity index (χ4v) is 3.01. The molecule has 0 atom stereocenters. The van der Waals surface area contributed by atoms with Crippen LogP contribution in [0.3, 0.4) is 0 Å². The van der Waals surface area contributed by atoms with Crippen molar-refractivity contribution in [1.82, 2.24) is 25.3 Å². The van der Waals surface area contributed by atoms with Crippen molar-refractivity contribution in [1.29, 1.82) is 0 Å². The lowest BCUT2D eigenvalue weighted by molar-refractivity contribution is 0.302. The number of hydrogen-bond acceptors (Lipinski definition) is 5. The third-order valence-corrected chi connectivity index (χ3v) is 4.40. The van der Waals surface area contributed by atoms with Crippen LogP contribution >= 0.6 is 0 Å². The van der Waals surface area contributed by atoms with Crippen molar-refractivity contribution in [3.63, 3.8) is 0 Å². The molecule has 4 aromatic rings. The van der Waals surface area contributed by atoms with E-state index in [1.807, 2.05) is 54.6 Å². The molecule has 0 aliphatic carbocycles. The number of benzene rings is 2. The van der Waals surface area contributed by atoms with Gasteiger partial charge >= 0.3 is 0 Å². The van der Waals surface area contributed by atoms with Crippen LogP contribution in [-0.4, -0.2) is 33.1 Å². The van der Waals surface area contributed by atoms with E-state index in [1.165, 1.54) is 5.56 Å². The zero-order chi connectivity index (χ0) is 19.7. The highest BCUT2D eigenvalue weighted by Gasteiger charge is 2.13. The molecule has 4 rings (SSSR count). The standard InChI is InChI=1S/C23H23N5O/c1-3-9-19(10-4-1)18-28-26-21(23(27-28)20-11-5-2-6-12-20)17-24-15-16-29-22-13-7-8-14-25-22/h1-14,24H,15-18H2. The van der Waals surface area contributed by atoms with E-state index in [0.717, 1.165) is 17.0 Å². The summed E-state index contributed by atoms with van der Waals surface area (Å²) in [6.07, 6.45) is 1.72. The molecule has 0 aliphatic rings. The Labute approximate surface area is 170 Å². The Bertz CT molecular complexity index is 1000. The molecule has 0 amide bonds. The third-order valence-electron chi connectivity index (χ3n) is 4.40. The van der Waals surface area contributed by atoms with Crippen LogP contribution < -0.4 is 10.1 Å². The first-order valence-electron chi connectivity index (χ1n) is 9.66. The predicted molar refractivity (Wildman–Crippen MR) is 112 cm³/mol. The molecule has 6 heteroatoms. The van der Waals surface area contributed by atoms with Gasteiger partial charge in [0.05, 0.1) is 6.54 Å². The van der Waals surface area contributed by atoms with Gasteiger partial charge < -0.3 is 10.1 Å². The predicted octanol–water partition coefficient (Wildman–Crippen LogP) is 3.56. The molecule has 2 heterocycles. The Balaban J connectivity index is 1.41. The van der Waals surface area contributed by atoms with Crippen LogP contribution in [0.2, 0.25) is 0 Å². The topological polar surface area (TPSA) is 64.9 Å². The minimum absolute atomic E-state index is 0.538. The minimum Gasteiger partial charge on any atom is -0.476 e. The number of nitrogens with zero attached hydrogens (tertiary/aromatic N) is 4. The summed E-state index contributed by atoms with van der Waals surface area (Å²) in [5.74, 6) is 0.632. The molecule has 0 saturated heterocycles. The van der Waals surface area contributed by atoms with E-state index >= 15 is 0 Å². The van der Waals surface area contributed by atoms with Crippen molar-refractivity contribution in [3.8, 4) is 17.1 Å². The average Bonchev–Trinajstić information content (AvgIpc) is 3.18. The van der Waals surface area contributed by atoms with Gasteiger partial charge in [-0.1, -0.05) is 66.7 Å². The Kier molecular flexibility index (Phi) is 6.24. The lowest BCUT2D eigenvalue weighted by Gasteiger charge is -2.06. The summed E-state index contributed by atoms with van der Waals surface area (Å²) in [6.45, 7) is 2.49. The second-order valence-electron chi connectivity index (χ2n) is 6.57. The molecule has 29 heavy (non-hydrogen) atoms. The van der Waals surface area contributed by atoms with E-state index in [1.54, 1.807) is 11.0 Å². The van der Waals surface area contributed by atoms with E-state index in [4.69, 9.17) is 14.9 Å². The first-order chi connectivity index (χ1) is 14.4. The van der Waals surface area contributed by atoms with Crippen LogP contribution in [0.5, 0.6) is 5.88 Å². The number of pyridine rings is 1. The van der Waals surface area contributed by atoms with Crippen molar-refractivity contribution >= 4 is 0 Å². The van der Waals surface area contributed by atoms with Gasteiger partial charge in [-0.25, -0.2) is 4.98 Å². The summed E-state index contributed by atoms with van der Waals surface area (Å²) in [6, 6.07) is 26.0. The molecule has 6 nitrogen and oxygen atoms in total. The van der Waals surface area contributed by atoms with Crippen LogP contribution in [0.25, 0.3) is 11.3 Å². The van der Waals surface area contributed by atoms with Gasteiger partial charge in [0.15, 0.2) is 0 Å². The molecule has 0 fully saturated rings. The Morgan fingerprint density at radius 1 is 0.828 bits per heavy atom. The lowest BCUT2D eigenvalue weighted by atomic mass is 10.1. The SMILES string of the molecule is c1ccc(Cn2nc(CNCCOc3ccccn3)c(-c3ccccc3)n2)cc1. The number of ether oxygens (including phenoxy) is 1. The Morgan fingerprint density at radius 3 is 2.34 bits per heavy atom. The fourth-order valence-electron chi connectivity index (χ4n) is 3.01. The van der Waals surface area contributed by atoms with E-state index < -0.39 is 0 Å². The fraction of sp³-hybridized carbons (Fsp3) is 0.174. The Morgan fingerprint density at radius 2 is 1.59 bits per heavy atom. The van der Waals surface area contributed by atoms with E-state index in [0.29, 0.717) is 32.1 Å². The van der Waals surface area contributed by atoms with Gasteiger partial charge in [0.2, 0.25) is 5.88 Å². The van der Waals surface area contributed by atoms with Gasteiger partial charge in [0, 0.05) is 30.9 Å². The van der Waals surface area contributed by atoms with E-state index in [2.05, 4.69) is 34.6 Å². The van der Waals surface area contributed by atoms with Crippen LogP contribution in [0, 0.1) is 0 Å². The highest BCUT2D eigenvalue weighted by molar-refractivity contribution is 5.60. The quantitative estimate of drug-likeness (QED) is 0.446. The van der Waals surface area contributed by atoms with Crippen molar-refractivity contribution in [2.45, 2.75) is 13.1 Å². The largest absolute Gasteiger partial charge is 0.476 e. The molecule has 0 saturated carbocycles.